The van der Waals surface area contributed by atoms with Crippen LogP contribution in [0.25, 0.3) is 43.1 Å². The molecule has 0 aliphatic heterocycles. The van der Waals surface area contributed by atoms with Gasteiger partial charge in [-0.3, -0.25) is 0 Å². The Balaban J connectivity index is 0.00000115. The van der Waals surface area contributed by atoms with E-state index in [9.17, 15) is 0 Å². The van der Waals surface area contributed by atoms with Gasteiger partial charge in [0, 0.05) is 21.7 Å². The number of fused-ring (bicyclic) bond motifs is 2. The van der Waals surface area contributed by atoms with Crippen LogP contribution in [0.5, 0.6) is 0 Å². The van der Waals surface area contributed by atoms with Crippen molar-refractivity contribution in [3.63, 3.8) is 0 Å². The summed E-state index contributed by atoms with van der Waals surface area (Å²) < 4.78 is 0. The molecule has 21 heavy (non-hydrogen) atoms. The molecule has 5 aromatic rings. The zero-order valence-electron chi connectivity index (χ0n) is 11.4. The smallest absolute Gasteiger partial charge is 0 e. The molecule has 0 atom stereocenters. The van der Waals surface area contributed by atoms with Gasteiger partial charge in [-0.1, -0.05) is 72.8 Å². The van der Waals surface area contributed by atoms with Crippen molar-refractivity contribution >= 4 is 43.1 Å². The molecular weight excluding hydrogens is 288 g/mol. The van der Waals surface area contributed by atoms with Gasteiger partial charge in [0.05, 0.1) is 0 Å². The van der Waals surface area contributed by atoms with E-state index in [-0.39, 0.29) is 21.7 Å². The molecule has 0 radical (unpaired) electrons. The maximum Gasteiger partial charge on any atom is 0 e. The Morgan fingerprint density at radius 1 is 0.381 bits per heavy atom. The summed E-state index contributed by atoms with van der Waals surface area (Å²) in [6.07, 6.45) is 0. The molecule has 0 aromatic heterocycles. The molecule has 0 nitrogen and oxygen atoms in total. The van der Waals surface area contributed by atoms with E-state index in [1.54, 1.807) is 0 Å². The van der Waals surface area contributed by atoms with Crippen molar-refractivity contribution in [1.82, 2.24) is 0 Å². The first-order valence-electron chi connectivity index (χ1n) is 6.98. The van der Waals surface area contributed by atoms with Crippen molar-refractivity contribution in [1.29, 1.82) is 0 Å². The minimum absolute atomic E-state index is 0. The topological polar surface area (TPSA) is 0 Å². The quantitative estimate of drug-likeness (QED) is 0.194. The fourth-order valence-electron chi connectivity index (χ4n) is 3.58. The molecule has 0 fully saturated rings. The van der Waals surface area contributed by atoms with Gasteiger partial charge in [-0.25, -0.2) is 0 Å². The monoisotopic (exact) mass is 300 g/mol. The van der Waals surface area contributed by atoms with E-state index in [0.29, 0.717) is 0 Å². The van der Waals surface area contributed by atoms with Crippen LogP contribution >= 0.6 is 0 Å². The van der Waals surface area contributed by atoms with Crippen molar-refractivity contribution in [2.75, 3.05) is 0 Å². The molecule has 5 aromatic carbocycles. The second-order valence-corrected chi connectivity index (χ2v) is 5.42. The maximum atomic E-state index is 2.25. The maximum absolute atomic E-state index is 2.25. The Hall–Kier alpha value is -1.89. The number of benzene rings is 5. The minimum Gasteiger partial charge on any atom is -0.0610 e. The number of hydrogen-bond acceptors (Lipinski definition) is 0. The average Bonchev–Trinajstić information content (AvgIpc) is 2.52. The summed E-state index contributed by atoms with van der Waals surface area (Å²) >= 11 is 0. The Bertz CT molecular complexity index is 923. The summed E-state index contributed by atoms with van der Waals surface area (Å²) in [5.74, 6) is 0. The molecule has 0 amide bonds. The number of rotatable bonds is 0. The van der Waals surface area contributed by atoms with Gasteiger partial charge in [0.15, 0.2) is 0 Å². The van der Waals surface area contributed by atoms with Crippen LogP contribution in [0.15, 0.2) is 72.8 Å². The first kappa shape index (κ1) is 12.8. The van der Waals surface area contributed by atoms with E-state index < -0.39 is 0 Å². The molecule has 0 spiro atoms. The Morgan fingerprint density at radius 2 is 0.667 bits per heavy atom. The molecule has 0 N–H and O–H groups in total. The van der Waals surface area contributed by atoms with Crippen LogP contribution in [0.2, 0.25) is 0 Å². The van der Waals surface area contributed by atoms with Gasteiger partial charge in [-0.05, 0) is 43.1 Å². The van der Waals surface area contributed by atoms with Crippen molar-refractivity contribution in [2.24, 2.45) is 0 Å². The van der Waals surface area contributed by atoms with Crippen LogP contribution in [0.4, 0.5) is 0 Å². The minimum atomic E-state index is 0. The molecule has 0 aliphatic rings. The van der Waals surface area contributed by atoms with E-state index in [1.807, 2.05) is 0 Å². The van der Waals surface area contributed by atoms with Crippen molar-refractivity contribution < 1.29 is 21.7 Å². The summed E-state index contributed by atoms with van der Waals surface area (Å²) in [7, 11) is 0. The van der Waals surface area contributed by atoms with E-state index in [1.165, 1.54) is 43.1 Å². The molecule has 0 saturated carbocycles. The molecule has 1 heteroatoms. The van der Waals surface area contributed by atoms with Crippen LogP contribution in [0.1, 0.15) is 0 Å². The fourth-order valence-corrected chi connectivity index (χ4v) is 3.58. The third-order valence-electron chi connectivity index (χ3n) is 4.39. The van der Waals surface area contributed by atoms with Gasteiger partial charge >= 0.3 is 0 Å². The standard InChI is InChI=1S/C20H12.Ti/c1-5-13-6-2-11-17-18-12-4-8-14-7-3-10-16(20(14)18)15(9-1)19(13)17;/h1-12H;. The molecule has 96 valence electrons. The van der Waals surface area contributed by atoms with Gasteiger partial charge in [0.1, 0.15) is 0 Å². The zero-order valence-corrected chi connectivity index (χ0v) is 13.0. The van der Waals surface area contributed by atoms with Gasteiger partial charge in [0.2, 0.25) is 0 Å². The van der Waals surface area contributed by atoms with Crippen LogP contribution in [0, 0.1) is 0 Å². The molecule has 5 rings (SSSR count). The molecule has 0 unspecified atom stereocenters. The van der Waals surface area contributed by atoms with Crippen LogP contribution in [-0.4, -0.2) is 0 Å². The van der Waals surface area contributed by atoms with E-state index in [2.05, 4.69) is 72.8 Å². The predicted octanol–water partition coefficient (Wildman–Crippen LogP) is 5.73. The normalized spacial score (nSPS) is 11.4. The summed E-state index contributed by atoms with van der Waals surface area (Å²) in [6.45, 7) is 0. The van der Waals surface area contributed by atoms with Crippen molar-refractivity contribution in [3.05, 3.63) is 72.8 Å². The molecule has 0 bridgehead atoms. The van der Waals surface area contributed by atoms with Crippen LogP contribution in [-0.2, 0) is 21.7 Å². The Labute approximate surface area is 137 Å². The number of hydrogen-bond donors (Lipinski definition) is 0. The van der Waals surface area contributed by atoms with Gasteiger partial charge in [0.25, 0.3) is 0 Å². The second kappa shape index (κ2) is 4.56. The largest absolute Gasteiger partial charge is 0.0610 e. The third kappa shape index (κ3) is 1.61. The molecular formula is C20H12Ti. The zero-order chi connectivity index (χ0) is 13.1. The van der Waals surface area contributed by atoms with Crippen LogP contribution < -0.4 is 0 Å². The first-order valence-corrected chi connectivity index (χ1v) is 6.98. The Kier molecular flexibility index (Phi) is 2.78. The Morgan fingerprint density at radius 3 is 0.952 bits per heavy atom. The first-order chi connectivity index (χ1) is 9.93. The third-order valence-corrected chi connectivity index (χ3v) is 4.39. The van der Waals surface area contributed by atoms with Gasteiger partial charge < -0.3 is 0 Å². The van der Waals surface area contributed by atoms with Crippen molar-refractivity contribution in [2.45, 2.75) is 0 Å². The van der Waals surface area contributed by atoms with Crippen molar-refractivity contribution in [3.8, 4) is 0 Å². The molecule has 0 saturated heterocycles. The fraction of sp³-hybridized carbons (Fsp3) is 0. The predicted molar refractivity (Wildman–Crippen MR) is 87.7 cm³/mol. The van der Waals surface area contributed by atoms with Gasteiger partial charge in [-0.2, -0.15) is 0 Å². The van der Waals surface area contributed by atoms with Crippen LogP contribution in [0.3, 0.4) is 0 Å². The summed E-state index contributed by atoms with van der Waals surface area (Å²) in [5, 5.41) is 10.9. The average molecular weight is 300 g/mol. The SMILES string of the molecule is [Ti].c1cc2cccc3c4cccc5cccc(c(c1)c23)c54. The van der Waals surface area contributed by atoms with Gasteiger partial charge in [-0.15, -0.1) is 0 Å². The van der Waals surface area contributed by atoms with E-state index >= 15 is 0 Å². The summed E-state index contributed by atoms with van der Waals surface area (Å²) in [4.78, 5) is 0. The van der Waals surface area contributed by atoms with E-state index in [4.69, 9.17) is 0 Å². The van der Waals surface area contributed by atoms with E-state index in [0.717, 1.165) is 0 Å². The molecule has 0 heterocycles. The second-order valence-electron chi connectivity index (χ2n) is 5.42. The summed E-state index contributed by atoms with van der Waals surface area (Å²) in [5.41, 5.74) is 0. The molecule has 0 aliphatic carbocycles. The summed E-state index contributed by atoms with van der Waals surface area (Å²) in [6, 6.07) is 26.4.